The molecule has 2 aliphatic heterocycles. The molecule has 1 atom stereocenters. The van der Waals surface area contributed by atoms with Crippen molar-refractivity contribution in [3.8, 4) is 5.75 Å². The third-order valence-electron chi connectivity index (χ3n) is 8.12. The molecule has 2 aromatic carbocycles. The number of aromatic nitrogens is 2. The fourth-order valence-electron chi connectivity index (χ4n) is 5.73. The Labute approximate surface area is 255 Å². The van der Waals surface area contributed by atoms with Crippen LogP contribution in [0, 0.1) is 5.82 Å². The Hall–Kier alpha value is -3.93. The number of benzene rings is 2. The number of piperazine rings is 1. The summed E-state index contributed by atoms with van der Waals surface area (Å²) in [4.78, 5) is 32.0. The summed E-state index contributed by atoms with van der Waals surface area (Å²) in [5, 5.41) is 8.15. The van der Waals surface area contributed by atoms with E-state index in [1.165, 1.54) is 31.3 Å². The van der Waals surface area contributed by atoms with Crippen LogP contribution in [0.3, 0.4) is 0 Å². The number of ether oxygens (including phenoxy) is 1. The molecule has 226 valence electrons. The number of hydrogen-bond donors (Lipinski definition) is 2. The van der Waals surface area contributed by atoms with Gasteiger partial charge in [0.05, 0.1) is 41.8 Å². The van der Waals surface area contributed by atoms with E-state index < -0.39 is 5.82 Å². The smallest absolute Gasteiger partial charge is 0.247 e. The summed E-state index contributed by atoms with van der Waals surface area (Å²) in [6, 6.07) is 11.0. The molecule has 1 saturated carbocycles. The third kappa shape index (κ3) is 6.53. The van der Waals surface area contributed by atoms with Gasteiger partial charge in [0.25, 0.3) is 0 Å². The highest BCUT2D eigenvalue weighted by Gasteiger charge is 2.32. The Morgan fingerprint density at radius 3 is 2.72 bits per heavy atom. The summed E-state index contributed by atoms with van der Waals surface area (Å²) in [6.07, 6.45) is 6.51. The Morgan fingerprint density at radius 1 is 1.16 bits per heavy atom. The Balaban J connectivity index is 1.24. The zero-order chi connectivity index (χ0) is 29.9. The van der Waals surface area contributed by atoms with Crippen LogP contribution in [0.15, 0.2) is 55.4 Å². The number of hydroxylamine groups is 1. The molecule has 43 heavy (non-hydrogen) atoms. The van der Waals surface area contributed by atoms with Gasteiger partial charge in [0.2, 0.25) is 5.91 Å². The SMILES string of the molecule is C=CC(=O)Nc1cc(Nc2cc(N3OCCC3Cc3cccc(F)c3Cl)ncn2)c(OC)cc1N1CCN(C2CC2)CC1. The van der Waals surface area contributed by atoms with Crippen molar-refractivity contribution in [2.45, 2.75) is 37.8 Å². The van der Waals surface area contributed by atoms with E-state index in [2.05, 4.69) is 37.0 Å². The van der Waals surface area contributed by atoms with Gasteiger partial charge in [-0.3, -0.25) is 14.5 Å². The van der Waals surface area contributed by atoms with Gasteiger partial charge in [0.15, 0.2) is 5.82 Å². The Morgan fingerprint density at radius 2 is 1.98 bits per heavy atom. The van der Waals surface area contributed by atoms with Crippen LogP contribution in [0.5, 0.6) is 5.75 Å². The van der Waals surface area contributed by atoms with E-state index in [9.17, 15) is 9.18 Å². The molecule has 12 heteroatoms. The van der Waals surface area contributed by atoms with Crippen LogP contribution in [0.4, 0.5) is 33.1 Å². The molecule has 0 spiro atoms. The number of anilines is 5. The average Bonchev–Trinajstić information content (AvgIpc) is 3.78. The molecule has 0 radical (unpaired) electrons. The lowest BCUT2D eigenvalue weighted by Crippen LogP contribution is -2.47. The van der Waals surface area contributed by atoms with Gasteiger partial charge in [0, 0.05) is 44.4 Å². The lowest BCUT2D eigenvalue weighted by Gasteiger charge is -2.37. The predicted molar refractivity (Wildman–Crippen MR) is 166 cm³/mol. The monoisotopic (exact) mass is 607 g/mol. The first-order chi connectivity index (χ1) is 20.9. The van der Waals surface area contributed by atoms with Crippen molar-refractivity contribution >= 4 is 46.2 Å². The van der Waals surface area contributed by atoms with Crippen molar-refractivity contribution in [3.05, 3.63) is 71.8 Å². The largest absolute Gasteiger partial charge is 0.494 e. The maximum atomic E-state index is 14.0. The summed E-state index contributed by atoms with van der Waals surface area (Å²) in [6.45, 7) is 7.80. The highest BCUT2D eigenvalue weighted by molar-refractivity contribution is 6.31. The molecule has 1 unspecified atom stereocenters. The number of methoxy groups -OCH3 is 1. The molecule has 1 aromatic heterocycles. The van der Waals surface area contributed by atoms with Crippen LogP contribution in [-0.2, 0) is 16.1 Å². The standard InChI is InChI=1S/C31H35ClFN7O3/c1-3-30(41)37-24-16-25(27(42-2)17-26(24)39-12-10-38(11-13-39)21-7-8-21)36-28-18-29(35-19-34-28)40-22(9-14-43-40)15-20-5-4-6-23(33)31(20)32/h3-6,16-19,21-22H,1,7-15H2,2H3,(H,37,41)(H,34,35,36). The lowest BCUT2D eigenvalue weighted by atomic mass is 10.0. The molecule has 0 bridgehead atoms. The Kier molecular flexibility index (Phi) is 8.64. The molecule has 3 heterocycles. The molecule has 1 aliphatic carbocycles. The van der Waals surface area contributed by atoms with Crippen LogP contribution in [0.2, 0.25) is 5.02 Å². The summed E-state index contributed by atoms with van der Waals surface area (Å²) in [5.74, 6) is 0.925. The van der Waals surface area contributed by atoms with Crippen molar-refractivity contribution in [2.75, 3.05) is 60.5 Å². The van der Waals surface area contributed by atoms with Crippen LogP contribution in [-0.4, -0.2) is 72.8 Å². The van der Waals surface area contributed by atoms with Gasteiger partial charge in [-0.25, -0.2) is 19.4 Å². The van der Waals surface area contributed by atoms with E-state index in [4.69, 9.17) is 21.2 Å². The van der Waals surface area contributed by atoms with Crippen molar-refractivity contribution in [1.82, 2.24) is 14.9 Å². The zero-order valence-corrected chi connectivity index (χ0v) is 24.8. The van der Waals surface area contributed by atoms with E-state index >= 15 is 0 Å². The second-order valence-electron chi connectivity index (χ2n) is 10.9. The first kappa shape index (κ1) is 29.2. The summed E-state index contributed by atoms with van der Waals surface area (Å²) in [5.41, 5.74) is 2.87. The molecule has 2 N–H and O–H groups in total. The number of carbonyl (C=O) groups is 1. The number of nitrogens with one attached hydrogen (secondary N) is 2. The van der Waals surface area contributed by atoms with Gasteiger partial charge in [-0.15, -0.1) is 0 Å². The molecule has 3 aromatic rings. The quantitative estimate of drug-likeness (QED) is 0.302. The second-order valence-corrected chi connectivity index (χ2v) is 11.3. The fraction of sp³-hybridized carbons (Fsp3) is 0.387. The Bertz CT molecular complexity index is 1500. The van der Waals surface area contributed by atoms with Crippen molar-refractivity contribution in [1.29, 1.82) is 0 Å². The second kappa shape index (κ2) is 12.7. The van der Waals surface area contributed by atoms with Crippen molar-refractivity contribution < 1.29 is 18.8 Å². The van der Waals surface area contributed by atoms with E-state index in [1.54, 1.807) is 24.3 Å². The van der Waals surface area contributed by atoms with Crippen LogP contribution in [0.1, 0.15) is 24.8 Å². The molecular formula is C31H35ClFN7O3. The van der Waals surface area contributed by atoms with E-state index in [0.29, 0.717) is 47.4 Å². The van der Waals surface area contributed by atoms with E-state index in [-0.39, 0.29) is 17.0 Å². The molecule has 1 amide bonds. The predicted octanol–water partition coefficient (Wildman–Crippen LogP) is 5.18. The van der Waals surface area contributed by atoms with Crippen molar-refractivity contribution in [2.24, 2.45) is 0 Å². The first-order valence-corrected chi connectivity index (χ1v) is 14.9. The zero-order valence-electron chi connectivity index (χ0n) is 24.1. The normalized spacial score (nSPS) is 18.9. The van der Waals surface area contributed by atoms with Gasteiger partial charge >= 0.3 is 0 Å². The average molecular weight is 608 g/mol. The number of nitrogens with zero attached hydrogens (tertiary/aromatic N) is 5. The van der Waals surface area contributed by atoms with Crippen LogP contribution >= 0.6 is 11.6 Å². The van der Waals surface area contributed by atoms with Gasteiger partial charge in [0.1, 0.15) is 23.7 Å². The number of carbonyl (C=O) groups excluding carboxylic acids is 1. The number of halogens is 2. The van der Waals surface area contributed by atoms with Gasteiger partial charge in [-0.2, -0.15) is 0 Å². The molecule has 3 aliphatic rings. The number of hydrogen-bond acceptors (Lipinski definition) is 9. The minimum atomic E-state index is -0.442. The summed E-state index contributed by atoms with van der Waals surface area (Å²) < 4.78 is 19.8. The molecule has 6 rings (SSSR count). The summed E-state index contributed by atoms with van der Waals surface area (Å²) in [7, 11) is 1.61. The first-order valence-electron chi connectivity index (χ1n) is 14.5. The minimum Gasteiger partial charge on any atom is -0.494 e. The topological polar surface area (TPSA) is 95.1 Å². The van der Waals surface area contributed by atoms with E-state index in [0.717, 1.165) is 44.3 Å². The maximum Gasteiger partial charge on any atom is 0.247 e. The van der Waals surface area contributed by atoms with Gasteiger partial charge in [-0.05, 0) is 49.5 Å². The lowest BCUT2D eigenvalue weighted by molar-refractivity contribution is -0.111. The molecule has 2 saturated heterocycles. The van der Waals surface area contributed by atoms with E-state index in [1.807, 2.05) is 18.2 Å². The number of amides is 1. The maximum absolute atomic E-state index is 14.0. The third-order valence-corrected chi connectivity index (χ3v) is 8.54. The molecular weight excluding hydrogens is 573 g/mol. The van der Waals surface area contributed by atoms with Crippen molar-refractivity contribution in [3.63, 3.8) is 0 Å². The molecule has 10 nitrogen and oxygen atoms in total. The molecule has 3 fully saturated rings. The number of rotatable bonds is 10. The van der Waals surface area contributed by atoms with Crippen LogP contribution in [0.25, 0.3) is 0 Å². The van der Waals surface area contributed by atoms with Gasteiger partial charge < -0.3 is 20.3 Å². The highest BCUT2D eigenvalue weighted by Crippen LogP contribution is 2.40. The summed E-state index contributed by atoms with van der Waals surface area (Å²) >= 11 is 6.23. The van der Waals surface area contributed by atoms with Crippen LogP contribution < -0.4 is 25.3 Å². The fourth-order valence-corrected chi connectivity index (χ4v) is 5.93. The minimum absolute atomic E-state index is 0.0861. The highest BCUT2D eigenvalue weighted by atomic mass is 35.5. The van der Waals surface area contributed by atoms with Gasteiger partial charge in [-0.1, -0.05) is 30.3 Å².